The Morgan fingerprint density at radius 1 is 0.949 bits per heavy atom. The monoisotopic (exact) mass is 573 g/mol. The van der Waals surface area contributed by atoms with Crippen LogP contribution in [-0.4, -0.2) is 65.2 Å². The molecule has 208 valence electrons. The van der Waals surface area contributed by atoms with E-state index in [1.807, 2.05) is 30.3 Å². The number of anilines is 1. The van der Waals surface area contributed by atoms with E-state index in [1.165, 1.54) is 38.3 Å². The van der Waals surface area contributed by atoms with Gasteiger partial charge in [-0.05, 0) is 35.4 Å². The molecule has 11 heteroatoms. The van der Waals surface area contributed by atoms with E-state index in [4.69, 9.17) is 21.1 Å². The second-order valence-corrected chi connectivity index (χ2v) is 11.1. The van der Waals surface area contributed by atoms with Crippen molar-refractivity contribution >= 4 is 39.1 Å². The van der Waals surface area contributed by atoms with Gasteiger partial charge in [0.15, 0.2) is 0 Å². The second-order valence-electron chi connectivity index (χ2n) is 8.78. The minimum atomic E-state index is -3.94. The van der Waals surface area contributed by atoms with Crippen LogP contribution in [0.25, 0.3) is 0 Å². The average Bonchev–Trinajstić information content (AvgIpc) is 2.93. The quantitative estimate of drug-likeness (QED) is 0.355. The van der Waals surface area contributed by atoms with Gasteiger partial charge in [-0.3, -0.25) is 13.9 Å². The molecule has 0 radical (unpaired) electrons. The molecular formula is C28H32ClN3O6S. The second kappa shape index (κ2) is 13.3. The van der Waals surface area contributed by atoms with Gasteiger partial charge in [0.1, 0.15) is 24.1 Å². The van der Waals surface area contributed by atoms with E-state index < -0.39 is 28.5 Å². The molecule has 0 saturated heterocycles. The van der Waals surface area contributed by atoms with Crippen LogP contribution in [0.5, 0.6) is 11.5 Å². The van der Waals surface area contributed by atoms with Crippen LogP contribution in [0.2, 0.25) is 5.02 Å². The first-order valence-electron chi connectivity index (χ1n) is 12.1. The van der Waals surface area contributed by atoms with Crippen LogP contribution in [0.3, 0.4) is 0 Å². The fourth-order valence-corrected chi connectivity index (χ4v) is 5.07. The maximum Gasteiger partial charge on any atom is 0.244 e. The number of carbonyl (C=O) groups excluding carboxylic acids is 2. The molecule has 1 atom stereocenters. The van der Waals surface area contributed by atoms with Crippen LogP contribution in [0.4, 0.5) is 5.69 Å². The fraction of sp³-hybridized carbons (Fsp3) is 0.286. The zero-order valence-electron chi connectivity index (χ0n) is 22.3. The van der Waals surface area contributed by atoms with E-state index in [9.17, 15) is 18.0 Å². The summed E-state index contributed by atoms with van der Waals surface area (Å²) in [4.78, 5) is 28.5. The summed E-state index contributed by atoms with van der Waals surface area (Å²) in [5.74, 6) is -0.280. The molecule has 0 unspecified atom stereocenters. The number of benzene rings is 3. The average molecular weight is 574 g/mol. The lowest BCUT2D eigenvalue weighted by Gasteiger charge is -2.33. The van der Waals surface area contributed by atoms with Gasteiger partial charge in [-0.1, -0.05) is 54.1 Å². The van der Waals surface area contributed by atoms with Crippen molar-refractivity contribution in [2.45, 2.75) is 19.0 Å². The number of rotatable bonds is 12. The number of methoxy groups -OCH3 is 2. The summed E-state index contributed by atoms with van der Waals surface area (Å²) in [6.07, 6.45) is 1.23. The van der Waals surface area contributed by atoms with Crippen LogP contribution < -0.4 is 19.1 Å². The van der Waals surface area contributed by atoms with Crippen molar-refractivity contribution in [3.63, 3.8) is 0 Å². The molecule has 0 spiro atoms. The molecule has 3 aromatic carbocycles. The summed E-state index contributed by atoms with van der Waals surface area (Å²) >= 11 is 6.05. The van der Waals surface area contributed by atoms with E-state index in [0.29, 0.717) is 10.8 Å². The lowest BCUT2D eigenvalue weighted by molar-refractivity contribution is -0.139. The van der Waals surface area contributed by atoms with Crippen LogP contribution >= 0.6 is 11.6 Å². The van der Waals surface area contributed by atoms with Gasteiger partial charge in [0.05, 0.1) is 26.2 Å². The van der Waals surface area contributed by atoms with Gasteiger partial charge in [-0.15, -0.1) is 0 Å². The molecule has 3 rings (SSSR count). The third-order valence-electron chi connectivity index (χ3n) is 6.12. The zero-order valence-corrected chi connectivity index (χ0v) is 23.8. The van der Waals surface area contributed by atoms with Gasteiger partial charge < -0.3 is 19.7 Å². The minimum absolute atomic E-state index is 0.0538. The van der Waals surface area contributed by atoms with Crippen LogP contribution in [0.1, 0.15) is 11.1 Å². The predicted molar refractivity (Wildman–Crippen MR) is 152 cm³/mol. The number of nitrogens with zero attached hydrogens (tertiary/aromatic N) is 2. The number of sulfonamides is 1. The molecule has 0 aliphatic heterocycles. The number of amides is 2. The van der Waals surface area contributed by atoms with Gasteiger partial charge in [0, 0.05) is 31.1 Å². The van der Waals surface area contributed by atoms with Crippen molar-refractivity contribution in [2.24, 2.45) is 0 Å². The van der Waals surface area contributed by atoms with Crippen molar-refractivity contribution < 1.29 is 27.5 Å². The molecule has 9 nitrogen and oxygen atoms in total. The van der Waals surface area contributed by atoms with Crippen LogP contribution in [0, 0.1) is 0 Å². The molecule has 1 N–H and O–H groups in total. The van der Waals surface area contributed by atoms with Gasteiger partial charge >= 0.3 is 0 Å². The largest absolute Gasteiger partial charge is 0.497 e. The fourth-order valence-electron chi connectivity index (χ4n) is 4.09. The van der Waals surface area contributed by atoms with Gasteiger partial charge in [-0.2, -0.15) is 0 Å². The van der Waals surface area contributed by atoms with E-state index >= 15 is 0 Å². The maximum atomic E-state index is 14.0. The predicted octanol–water partition coefficient (Wildman–Crippen LogP) is 3.51. The summed E-state index contributed by atoms with van der Waals surface area (Å²) in [7, 11) is 0.432. The van der Waals surface area contributed by atoms with Crippen molar-refractivity contribution in [1.82, 2.24) is 10.2 Å². The first-order valence-corrected chi connectivity index (χ1v) is 14.3. The summed E-state index contributed by atoms with van der Waals surface area (Å²) in [6.45, 7) is -0.504. The Labute approximate surface area is 234 Å². The molecule has 0 aromatic heterocycles. The van der Waals surface area contributed by atoms with Crippen molar-refractivity contribution in [2.75, 3.05) is 38.4 Å². The third kappa shape index (κ3) is 7.87. The summed E-state index contributed by atoms with van der Waals surface area (Å²) in [5.41, 5.74) is 1.74. The number of nitrogens with one attached hydrogen (secondary N) is 1. The van der Waals surface area contributed by atoms with Crippen LogP contribution in [-0.2, 0) is 32.6 Å². The van der Waals surface area contributed by atoms with Crippen LogP contribution in [0.15, 0.2) is 72.8 Å². The highest BCUT2D eigenvalue weighted by molar-refractivity contribution is 7.92. The van der Waals surface area contributed by atoms with Crippen molar-refractivity contribution in [1.29, 1.82) is 0 Å². The number of carbonyl (C=O) groups is 2. The molecule has 0 fully saturated rings. The van der Waals surface area contributed by atoms with Gasteiger partial charge in [-0.25, -0.2) is 8.42 Å². The lowest BCUT2D eigenvalue weighted by Crippen LogP contribution is -2.52. The van der Waals surface area contributed by atoms with Crippen molar-refractivity contribution in [3.05, 3.63) is 88.9 Å². The summed E-state index contributed by atoms with van der Waals surface area (Å²) in [6, 6.07) is 19.9. The molecule has 3 aromatic rings. The number of hydrogen-bond acceptors (Lipinski definition) is 6. The molecule has 0 bridgehead atoms. The molecular weight excluding hydrogens is 542 g/mol. The molecule has 0 aliphatic carbocycles. The minimum Gasteiger partial charge on any atom is -0.497 e. The Balaban J connectivity index is 2.06. The highest BCUT2D eigenvalue weighted by Gasteiger charge is 2.33. The molecule has 2 amide bonds. The van der Waals surface area contributed by atoms with E-state index in [0.717, 1.165) is 21.7 Å². The first-order chi connectivity index (χ1) is 18.6. The standard InChI is InChI=1S/C28H32ClN3O6S/c1-30-28(34)25(16-20-8-6-5-7-9-20)31(18-21-10-12-22(29)13-11-21)27(33)19-32(39(4,35)36)24-15-14-23(37-2)17-26(24)38-3/h5-15,17,25H,16,18-19H2,1-4H3,(H,30,34)/t25-/m0/s1. The van der Waals surface area contributed by atoms with Crippen molar-refractivity contribution in [3.8, 4) is 11.5 Å². The third-order valence-corrected chi connectivity index (χ3v) is 7.50. The molecule has 0 heterocycles. The zero-order chi connectivity index (χ0) is 28.6. The van der Waals surface area contributed by atoms with Gasteiger partial charge in [0.25, 0.3) is 0 Å². The Morgan fingerprint density at radius 2 is 1.62 bits per heavy atom. The van der Waals surface area contributed by atoms with Gasteiger partial charge in [0.2, 0.25) is 21.8 Å². The lowest BCUT2D eigenvalue weighted by atomic mass is 10.0. The number of likely N-dealkylation sites (N-methyl/N-ethyl adjacent to an activating group) is 1. The summed E-state index contributed by atoms with van der Waals surface area (Å²) in [5, 5.41) is 3.17. The first kappa shape index (κ1) is 29.8. The Kier molecular flexibility index (Phi) is 10.2. The highest BCUT2D eigenvalue weighted by Crippen LogP contribution is 2.33. The Bertz CT molecular complexity index is 1380. The smallest absolute Gasteiger partial charge is 0.244 e. The van der Waals surface area contributed by atoms with E-state index in [1.54, 1.807) is 30.3 Å². The summed E-state index contributed by atoms with van der Waals surface area (Å²) < 4.78 is 37.5. The number of ether oxygens (including phenoxy) is 2. The Hall–Kier alpha value is -3.76. The topological polar surface area (TPSA) is 105 Å². The van der Waals surface area contributed by atoms with E-state index in [2.05, 4.69) is 5.32 Å². The molecule has 39 heavy (non-hydrogen) atoms. The maximum absolute atomic E-state index is 14.0. The molecule has 0 saturated carbocycles. The number of halogens is 1. The Morgan fingerprint density at radius 3 is 2.18 bits per heavy atom. The highest BCUT2D eigenvalue weighted by atomic mass is 35.5. The normalized spacial score (nSPS) is 11.8. The van der Waals surface area contributed by atoms with E-state index in [-0.39, 0.29) is 30.3 Å². The molecule has 0 aliphatic rings. The SMILES string of the molecule is CNC(=O)[C@H](Cc1ccccc1)N(Cc1ccc(Cl)cc1)C(=O)CN(c1ccc(OC)cc1OC)S(C)(=O)=O. The number of hydrogen-bond donors (Lipinski definition) is 1.